The third-order valence-corrected chi connectivity index (χ3v) is 3.74. The molecule has 2 rings (SSSR count). The standard InChI is InChI=1S/C15H16ClN3O3/c1-9-12(16)5-4-6-13(9)18-14(20)8-22-15(21)11-7-17-19(3)10(11)2/h4-7H,8H2,1-3H3,(H,18,20). The molecule has 1 N–H and O–H groups in total. The minimum atomic E-state index is -0.580. The number of nitrogens with zero attached hydrogens (tertiary/aromatic N) is 2. The van der Waals surface area contributed by atoms with Crippen molar-refractivity contribution in [2.75, 3.05) is 11.9 Å². The van der Waals surface area contributed by atoms with Crippen LogP contribution in [0.3, 0.4) is 0 Å². The van der Waals surface area contributed by atoms with E-state index in [1.54, 1.807) is 43.8 Å². The minimum Gasteiger partial charge on any atom is -0.452 e. The molecule has 0 unspecified atom stereocenters. The average molecular weight is 322 g/mol. The Kier molecular flexibility index (Phi) is 4.82. The van der Waals surface area contributed by atoms with Crippen LogP contribution in [0.15, 0.2) is 24.4 Å². The van der Waals surface area contributed by atoms with Gasteiger partial charge in [-0.2, -0.15) is 5.10 Å². The van der Waals surface area contributed by atoms with Gasteiger partial charge in [0, 0.05) is 23.5 Å². The van der Waals surface area contributed by atoms with E-state index >= 15 is 0 Å². The highest BCUT2D eigenvalue weighted by Crippen LogP contribution is 2.22. The molecule has 7 heteroatoms. The Morgan fingerprint density at radius 3 is 2.73 bits per heavy atom. The lowest BCUT2D eigenvalue weighted by atomic mass is 10.2. The molecular weight excluding hydrogens is 306 g/mol. The summed E-state index contributed by atoms with van der Waals surface area (Å²) in [4.78, 5) is 23.7. The Bertz CT molecular complexity index is 725. The van der Waals surface area contributed by atoms with Crippen LogP contribution >= 0.6 is 11.6 Å². The van der Waals surface area contributed by atoms with Gasteiger partial charge in [0.05, 0.1) is 6.20 Å². The molecule has 1 aromatic heterocycles. The molecule has 0 atom stereocenters. The molecule has 6 nitrogen and oxygen atoms in total. The highest BCUT2D eigenvalue weighted by Gasteiger charge is 2.16. The number of carbonyl (C=O) groups excluding carboxylic acids is 2. The number of anilines is 1. The lowest BCUT2D eigenvalue weighted by Gasteiger charge is -2.09. The Morgan fingerprint density at radius 2 is 2.09 bits per heavy atom. The van der Waals surface area contributed by atoms with Gasteiger partial charge < -0.3 is 10.1 Å². The molecule has 2 aromatic rings. The topological polar surface area (TPSA) is 73.2 Å². The van der Waals surface area contributed by atoms with Crippen LogP contribution in [0.5, 0.6) is 0 Å². The smallest absolute Gasteiger partial charge is 0.342 e. The van der Waals surface area contributed by atoms with Crippen molar-refractivity contribution in [3.8, 4) is 0 Å². The van der Waals surface area contributed by atoms with Crippen LogP contribution in [0.2, 0.25) is 5.02 Å². The van der Waals surface area contributed by atoms with Gasteiger partial charge in [-0.05, 0) is 31.5 Å². The van der Waals surface area contributed by atoms with Crippen molar-refractivity contribution < 1.29 is 14.3 Å². The van der Waals surface area contributed by atoms with Crippen LogP contribution in [0.4, 0.5) is 5.69 Å². The molecule has 116 valence electrons. The highest BCUT2D eigenvalue weighted by molar-refractivity contribution is 6.31. The fourth-order valence-corrected chi connectivity index (χ4v) is 2.01. The van der Waals surface area contributed by atoms with Gasteiger partial charge in [-0.3, -0.25) is 9.48 Å². The third-order valence-electron chi connectivity index (χ3n) is 3.33. The van der Waals surface area contributed by atoms with Gasteiger partial charge in [0.15, 0.2) is 6.61 Å². The van der Waals surface area contributed by atoms with E-state index in [-0.39, 0.29) is 6.61 Å². The lowest BCUT2D eigenvalue weighted by Crippen LogP contribution is -2.21. The zero-order valence-electron chi connectivity index (χ0n) is 12.5. The molecule has 0 bridgehead atoms. The molecule has 22 heavy (non-hydrogen) atoms. The second kappa shape index (κ2) is 6.62. The first-order chi connectivity index (χ1) is 10.4. The van der Waals surface area contributed by atoms with E-state index < -0.39 is 11.9 Å². The quantitative estimate of drug-likeness (QED) is 0.878. The molecule has 0 saturated heterocycles. The molecule has 0 spiro atoms. The van der Waals surface area contributed by atoms with Crippen LogP contribution in [0, 0.1) is 13.8 Å². The number of hydrogen-bond donors (Lipinski definition) is 1. The van der Waals surface area contributed by atoms with Gasteiger partial charge >= 0.3 is 5.97 Å². The second-order valence-corrected chi connectivity index (χ2v) is 5.21. The summed E-state index contributed by atoms with van der Waals surface area (Å²) >= 11 is 5.98. The summed E-state index contributed by atoms with van der Waals surface area (Å²) in [6, 6.07) is 5.19. The van der Waals surface area contributed by atoms with E-state index in [0.29, 0.717) is 22.0 Å². The van der Waals surface area contributed by atoms with Crippen molar-refractivity contribution in [3.05, 3.63) is 46.2 Å². The summed E-state index contributed by atoms with van der Waals surface area (Å²) in [6.07, 6.45) is 1.41. The molecule has 0 aliphatic rings. The van der Waals surface area contributed by atoms with Crippen molar-refractivity contribution >= 4 is 29.2 Å². The predicted octanol–water partition coefficient (Wildman–Crippen LogP) is 2.49. The van der Waals surface area contributed by atoms with Crippen molar-refractivity contribution in [1.29, 1.82) is 0 Å². The summed E-state index contributed by atoms with van der Waals surface area (Å²) < 4.78 is 6.55. The zero-order chi connectivity index (χ0) is 16.3. The Labute approximate surface area is 133 Å². The fourth-order valence-electron chi connectivity index (χ4n) is 1.84. The summed E-state index contributed by atoms with van der Waals surface area (Å²) in [5, 5.41) is 7.17. The number of esters is 1. The first-order valence-electron chi connectivity index (χ1n) is 6.61. The van der Waals surface area contributed by atoms with E-state index in [2.05, 4.69) is 10.4 Å². The highest BCUT2D eigenvalue weighted by atomic mass is 35.5. The lowest BCUT2D eigenvalue weighted by molar-refractivity contribution is -0.119. The number of halogens is 1. The maximum atomic E-state index is 11.9. The number of aromatic nitrogens is 2. The van der Waals surface area contributed by atoms with Crippen LogP contribution in [-0.4, -0.2) is 28.3 Å². The number of amides is 1. The van der Waals surface area contributed by atoms with Gasteiger partial charge in [0.2, 0.25) is 0 Å². The normalized spacial score (nSPS) is 10.4. The molecule has 1 amide bonds. The number of aryl methyl sites for hydroxylation is 1. The maximum absolute atomic E-state index is 11.9. The Balaban J connectivity index is 1.94. The summed E-state index contributed by atoms with van der Waals surface area (Å²) in [6.45, 7) is 3.17. The third kappa shape index (κ3) is 3.46. The van der Waals surface area contributed by atoms with Crippen LogP contribution in [-0.2, 0) is 16.6 Å². The molecule has 0 aliphatic carbocycles. The van der Waals surface area contributed by atoms with Crippen LogP contribution < -0.4 is 5.32 Å². The summed E-state index contributed by atoms with van der Waals surface area (Å²) in [5.41, 5.74) is 2.36. The van der Waals surface area contributed by atoms with E-state index in [1.807, 2.05) is 0 Å². The van der Waals surface area contributed by atoms with Crippen molar-refractivity contribution in [2.45, 2.75) is 13.8 Å². The first kappa shape index (κ1) is 16.0. The van der Waals surface area contributed by atoms with E-state index in [0.717, 1.165) is 5.56 Å². The Hall–Kier alpha value is -2.34. The number of benzene rings is 1. The van der Waals surface area contributed by atoms with E-state index in [4.69, 9.17) is 16.3 Å². The number of hydrogen-bond acceptors (Lipinski definition) is 4. The SMILES string of the molecule is Cc1c(Cl)cccc1NC(=O)COC(=O)c1cnn(C)c1C. The van der Waals surface area contributed by atoms with Crippen molar-refractivity contribution in [2.24, 2.45) is 7.05 Å². The van der Waals surface area contributed by atoms with Gasteiger partial charge in [0.1, 0.15) is 5.56 Å². The van der Waals surface area contributed by atoms with Gasteiger partial charge in [0.25, 0.3) is 5.91 Å². The number of carbonyl (C=O) groups is 2. The molecule has 0 saturated carbocycles. The summed E-state index contributed by atoms with van der Waals surface area (Å²) in [7, 11) is 1.72. The van der Waals surface area contributed by atoms with E-state index in [1.165, 1.54) is 6.20 Å². The first-order valence-corrected chi connectivity index (χ1v) is 6.98. The monoisotopic (exact) mass is 321 g/mol. The molecule has 0 radical (unpaired) electrons. The largest absolute Gasteiger partial charge is 0.452 e. The van der Waals surface area contributed by atoms with Crippen LogP contribution in [0.1, 0.15) is 21.6 Å². The number of nitrogens with one attached hydrogen (secondary N) is 1. The maximum Gasteiger partial charge on any atom is 0.342 e. The predicted molar refractivity (Wildman–Crippen MR) is 83.0 cm³/mol. The molecule has 1 aromatic carbocycles. The minimum absolute atomic E-state index is 0.342. The average Bonchev–Trinajstić information content (AvgIpc) is 2.81. The van der Waals surface area contributed by atoms with E-state index in [9.17, 15) is 9.59 Å². The van der Waals surface area contributed by atoms with Gasteiger partial charge in [-0.1, -0.05) is 17.7 Å². The van der Waals surface area contributed by atoms with Gasteiger partial charge in [-0.15, -0.1) is 0 Å². The van der Waals surface area contributed by atoms with Crippen molar-refractivity contribution in [1.82, 2.24) is 9.78 Å². The zero-order valence-corrected chi connectivity index (χ0v) is 13.3. The molecule has 0 aliphatic heterocycles. The Morgan fingerprint density at radius 1 is 1.36 bits per heavy atom. The summed E-state index contributed by atoms with van der Waals surface area (Å²) in [5.74, 6) is -1.01. The van der Waals surface area contributed by atoms with Crippen LogP contribution in [0.25, 0.3) is 0 Å². The van der Waals surface area contributed by atoms with Gasteiger partial charge in [-0.25, -0.2) is 4.79 Å². The fraction of sp³-hybridized carbons (Fsp3) is 0.267. The van der Waals surface area contributed by atoms with Crippen molar-refractivity contribution in [3.63, 3.8) is 0 Å². The second-order valence-electron chi connectivity index (χ2n) is 4.80. The number of ether oxygens (including phenoxy) is 1. The molecular formula is C15H16ClN3O3. The number of rotatable bonds is 4. The molecule has 1 heterocycles. The molecule has 0 fully saturated rings.